The molecule has 0 unspecified atom stereocenters. The summed E-state index contributed by atoms with van der Waals surface area (Å²) < 4.78 is 23.3. The van der Waals surface area contributed by atoms with E-state index in [9.17, 15) is 18.0 Å². The van der Waals surface area contributed by atoms with Crippen LogP contribution in [0.5, 0.6) is 0 Å². The van der Waals surface area contributed by atoms with Crippen LogP contribution < -0.4 is 10.6 Å². The fraction of sp³-hybridized carbons (Fsp3) is 0.200. The third-order valence-corrected chi connectivity index (χ3v) is 6.30. The number of rotatable bonds is 5. The molecule has 1 aliphatic rings. The molecule has 0 saturated carbocycles. The number of benzene rings is 2. The van der Waals surface area contributed by atoms with Crippen molar-refractivity contribution in [2.45, 2.75) is 12.5 Å². The number of amides is 2. The molecule has 146 valence electrons. The van der Waals surface area contributed by atoms with Crippen molar-refractivity contribution in [1.82, 2.24) is 10.6 Å². The summed E-state index contributed by atoms with van der Waals surface area (Å²) in [6.07, 6.45) is 1.88. The Balaban J connectivity index is 1.82. The second kappa shape index (κ2) is 8.58. The molecule has 1 heterocycles. The Hall–Kier alpha value is -2.64. The standard InChI is InChI=1S/C20H19ClN2O4S/c21-16-8-6-14(7-9-16)12-18(23-19(24)15-4-2-1-3-5-15)20(25)22-17-10-11-28(26,27)13-17/h1-9,12,17H,10-11,13H2,(H,22,25)(H,23,24)/b18-12-/t17-/m0/s1. The number of sulfone groups is 1. The molecule has 6 nitrogen and oxygen atoms in total. The van der Waals surface area contributed by atoms with Crippen LogP contribution in [0.2, 0.25) is 5.02 Å². The second-order valence-electron chi connectivity index (χ2n) is 6.50. The average molecular weight is 419 g/mol. The Morgan fingerprint density at radius 1 is 1.04 bits per heavy atom. The van der Waals surface area contributed by atoms with E-state index in [1.807, 2.05) is 0 Å². The third-order valence-electron chi connectivity index (χ3n) is 4.28. The van der Waals surface area contributed by atoms with Gasteiger partial charge in [-0.15, -0.1) is 0 Å². The second-order valence-corrected chi connectivity index (χ2v) is 9.17. The van der Waals surface area contributed by atoms with Crippen LogP contribution in [-0.2, 0) is 14.6 Å². The van der Waals surface area contributed by atoms with Crippen LogP contribution in [0.1, 0.15) is 22.3 Å². The van der Waals surface area contributed by atoms with E-state index >= 15 is 0 Å². The molecule has 0 radical (unpaired) electrons. The molecule has 1 saturated heterocycles. The van der Waals surface area contributed by atoms with Gasteiger partial charge in [-0.3, -0.25) is 9.59 Å². The van der Waals surface area contributed by atoms with Crippen LogP contribution >= 0.6 is 11.6 Å². The summed E-state index contributed by atoms with van der Waals surface area (Å²) in [6, 6.07) is 14.8. The molecule has 0 aliphatic carbocycles. The van der Waals surface area contributed by atoms with Gasteiger partial charge >= 0.3 is 0 Å². The van der Waals surface area contributed by atoms with Crippen LogP contribution in [0.4, 0.5) is 0 Å². The number of carbonyl (C=O) groups excluding carboxylic acids is 2. The van der Waals surface area contributed by atoms with Gasteiger partial charge in [-0.2, -0.15) is 0 Å². The fourth-order valence-electron chi connectivity index (χ4n) is 2.84. The third kappa shape index (κ3) is 5.43. The number of hydrogen-bond donors (Lipinski definition) is 2. The smallest absolute Gasteiger partial charge is 0.268 e. The zero-order valence-electron chi connectivity index (χ0n) is 14.9. The monoisotopic (exact) mass is 418 g/mol. The van der Waals surface area contributed by atoms with Crippen LogP contribution in [0.25, 0.3) is 6.08 Å². The van der Waals surface area contributed by atoms with Gasteiger partial charge in [-0.25, -0.2) is 8.42 Å². The minimum atomic E-state index is -3.13. The summed E-state index contributed by atoms with van der Waals surface area (Å²) in [5.41, 5.74) is 1.10. The van der Waals surface area contributed by atoms with Gasteiger partial charge in [-0.05, 0) is 42.3 Å². The van der Waals surface area contributed by atoms with Gasteiger partial charge in [0.1, 0.15) is 5.70 Å². The van der Waals surface area contributed by atoms with E-state index in [0.717, 1.165) is 0 Å². The highest BCUT2D eigenvalue weighted by molar-refractivity contribution is 7.91. The highest BCUT2D eigenvalue weighted by Gasteiger charge is 2.29. The molecular formula is C20H19ClN2O4S. The lowest BCUT2D eigenvalue weighted by Crippen LogP contribution is -2.41. The summed E-state index contributed by atoms with van der Waals surface area (Å²) >= 11 is 5.89. The van der Waals surface area contributed by atoms with Gasteiger partial charge in [-0.1, -0.05) is 41.9 Å². The molecule has 0 aromatic heterocycles. The van der Waals surface area contributed by atoms with E-state index in [4.69, 9.17) is 11.6 Å². The van der Waals surface area contributed by atoms with Crippen molar-refractivity contribution in [3.05, 3.63) is 76.4 Å². The van der Waals surface area contributed by atoms with E-state index in [-0.39, 0.29) is 17.2 Å². The molecule has 2 N–H and O–H groups in total. The van der Waals surface area contributed by atoms with E-state index in [2.05, 4.69) is 10.6 Å². The van der Waals surface area contributed by atoms with Gasteiger partial charge in [0.2, 0.25) is 0 Å². The molecule has 3 rings (SSSR count). The minimum absolute atomic E-state index is 0.0282. The fourth-order valence-corrected chi connectivity index (χ4v) is 4.64. The van der Waals surface area contributed by atoms with Crippen molar-refractivity contribution < 1.29 is 18.0 Å². The lowest BCUT2D eigenvalue weighted by atomic mass is 10.1. The summed E-state index contributed by atoms with van der Waals surface area (Å²) in [5, 5.41) is 5.86. The van der Waals surface area contributed by atoms with Crippen molar-refractivity contribution in [3.8, 4) is 0 Å². The summed E-state index contributed by atoms with van der Waals surface area (Å²) in [4.78, 5) is 25.2. The van der Waals surface area contributed by atoms with Gasteiger partial charge < -0.3 is 10.6 Å². The van der Waals surface area contributed by atoms with Gasteiger partial charge in [0.05, 0.1) is 11.5 Å². The maximum absolute atomic E-state index is 12.7. The molecule has 2 aromatic carbocycles. The van der Waals surface area contributed by atoms with Gasteiger partial charge in [0.25, 0.3) is 11.8 Å². The first kappa shape index (κ1) is 20.1. The Labute approximate surface area is 168 Å². The predicted molar refractivity (Wildman–Crippen MR) is 109 cm³/mol. The lowest BCUT2D eigenvalue weighted by Gasteiger charge is -2.14. The van der Waals surface area contributed by atoms with Crippen molar-refractivity contribution in [2.75, 3.05) is 11.5 Å². The average Bonchev–Trinajstić information content (AvgIpc) is 3.01. The van der Waals surface area contributed by atoms with E-state index in [1.165, 1.54) is 6.08 Å². The maximum atomic E-state index is 12.7. The molecule has 8 heteroatoms. The van der Waals surface area contributed by atoms with Gasteiger partial charge in [0.15, 0.2) is 9.84 Å². The Kier molecular flexibility index (Phi) is 6.16. The molecule has 2 amide bonds. The maximum Gasteiger partial charge on any atom is 0.268 e. The number of halogens is 1. The van der Waals surface area contributed by atoms with Crippen molar-refractivity contribution >= 4 is 39.3 Å². The topological polar surface area (TPSA) is 92.3 Å². The molecule has 1 fully saturated rings. The number of carbonyl (C=O) groups is 2. The summed E-state index contributed by atoms with van der Waals surface area (Å²) in [5.74, 6) is -1.03. The first-order valence-electron chi connectivity index (χ1n) is 8.67. The molecule has 28 heavy (non-hydrogen) atoms. The SMILES string of the molecule is O=C(N[C@H]1CCS(=O)(=O)C1)/C(=C/c1ccc(Cl)cc1)NC(=O)c1ccccc1. The van der Waals surface area contributed by atoms with Crippen LogP contribution in [0.3, 0.4) is 0 Å². The Morgan fingerprint density at radius 2 is 1.71 bits per heavy atom. The highest BCUT2D eigenvalue weighted by atomic mass is 35.5. The summed E-state index contributed by atoms with van der Waals surface area (Å²) in [6.45, 7) is 0. The summed E-state index contributed by atoms with van der Waals surface area (Å²) in [7, 11) is -3.13. The molecule has 0 spiro atoms. The van der Waals surface area contributed by atoms with Crippen molar-refractivity contribution in [1.29, 1.82) is 0 Å². The van der Waals surface area contributed by atoms with E-state index < -0.39 is 27.7 Å². The first-order chi connectivity index (χ1) is 13.3. The van der Waals surface area contributed by atoms with E-state index in [0.29, 0.717) is 22.6 Å². The van der Waals surface area contributed by atoms with Crippen molar-refractivity contribution in [2.24, 2.45) is 0 Å². The van der Waals surface area contributed by atoms with Crippen LogP contribution in [0.15, 0.2) is 60.3 Å². The minimum Gasteiger partial charge on any atom is -0.347 e. The normalized spacial score (nSPS) is 18.5. The Bertz CT molecular complexity index is 1000. The predicted octanol–water partition coefficient (Wildman–Crippen LogP) is 2.41. The number of hydrogen-bond acceptors (Lipinski definition) is 4. The Morgan fingerprint density at radius 3 is 2.32 bits per heavy atom. The molecular weight excluding hydrogens is 400 g/mol. The molecule has 0 bridgehead atoms. The lowest BCUT2D eigenvalue weighted by molar-refractivity contribution is -0.118. The van der Waals surface area contributed by atoms with Gasteiger partial charge in [0, 0.05) is 16.6 Å². The molecule has 2 aromatic rings. The van der Waals surface area contributed by atoms with Crippen molar-refractivity contribution in [3.63, 3.8) is 0 Å². The van der Waals surface area contributed by atoms with Crippen LogP contribution in [-0.4, -0.2) is 37.8 Å². The van der Waals surface area contributed by atoms with Crippen LogP contribution in [0, 0.1) is 0 Å². The largest absolute Gasteiger partial charge is 0.347 e. The molecule has 1 atom stereocenters. The zero-order chi connectivity index (χ0) is 20.1. The zero-order valence-corrected chi connectivity index (χ0v) is 16.5. The highest BCUT2D eigenvalue weighted by Crippen LogP contribution is 2.15. The first-order valence-corrected chi connectivity index (χ1v) is 10.9. The number of nitrogens with one attached hydrogen (secondary N) is 2. The quantitative estimate of drug-likeness (QED) is 0.729. The van der Waals surface area contributed by atoms with E-state index in [1.54, 1.807) is 54.6 Å². The molecule has 1 aliphatic heterocycles.